The molecule has 1 aliphatic rings. The van der Waals surface area contributed by atoms with Gasteiger partial charge in [0.2, 0.25) is 5.91 Å². The highest BCUT2D eigenvalue weighted by Gasteiger charge is 2.27. The standard InChI is InChI=1S/C9H11ClN2O/c10-8-3-9(13)12(6-8)5-7-1-2-11-4-7/h1-2,4,8,11H,3,5-6H2. The molecule has 0 radical (unpaired) electrons. The number of likely N-dealkylation sites (tertiary alicyclic amines) is 1. The van der Waals surface area contributed by atoms with Crippen LogP contribution in [0.4, 0.5) is 0 Å². The number of alkyl halides is 1. The van der Waals surface area contributed by atoms with E-state index in [2.05, 4.69) is 4.98 Å². The molecule has 1 fully saturated rings. The summed E-state index contributed by atoms with van der Waals surface area (Å²) in [5, 5.41) is -0.00792. The number of amides is 1. The van der Waals surface area contributed by atoms with E-state index >= 15 is 0 Å². The smallest absolute Gasteiger partial charge is 0.224 e. The van der Waals surface area contributed by atoms with Gasteiger partial charge < -0.3 is 9.88 Å². The molecule has 1 aliphatic heterocycles. The van der Waals surface area contributed by atoms with Gasteiger partial charge in [-0.2, -0.15) is 0 Å². The van der Waals surface area contributed by atoms with Crippen LogP contribution in [0.1, 0.15) is 12.0 Å². The van der Waals surface area contributed by atoms with Gasteiger partial charge >= 0.3 is 0 Å². The minimum atomic E-state index is -0.00792. The van der Waals surface area contributed by atoms with Crippen LogP contribution < -0.4 is 0 Å². The average Bonchev–Trinajstić information content (AvgIpc) is 2.63. The maximum Gasteiger partial charge on any atom is 0.224 e. The Morgan fingerprint density at radius 2 is 2.54 bits per heavy atom. The van der Waals surface area contributed by atoms with Crippen LogP contribution in [0.5, 0.6) is 0 Å². The summed E-state index contributed by atoms with van der Waals surface area (Å²) in [4.78, 5) is 16.1. The number of nitrogens with zero attached hydrogens (tertiary/aromatic N) is 1. The van der Waals surface area contributed by atoms with Crippen molar-refractivity contribution in [2.75, 3.05) is 6.54 Å². The molecule has 0 aliphatic carbocycles. The number of halogens is 1. The minimum Gasteiger partial charge on any atom is -0.367 e. The molecule has 70 valence electrons. The van der Waals surface area contributed by atoms with Crippen LogP contribution in [-0.4, -0.2) is 27.7 Å². The second kappa shape index (κ2) is 3.42. The van der Waals surface area contributed by atoms with Gasteiger partial charge in [-0.1, -0.05) is 0 Å². The third-order valence-electron chi connectivity index (χ3n) is 2.20. The molecule has 0 saturated carbocycles. The first-order chi connectivity index (χ1) is 6.25. The highest BCUT2D eigenvalue weighted by Crippen LogP contribution is 2.18. The summed E-state index contributed by atoms with van der Waals surface area (Å²) < 4.78 is 0. The molecule has 0 aromatic carbocycles. The van der Waals surface area contributed by atoms with E-state index in [1.54, 1.807) is 4.90 Å². The molecular weight excluding hydrogens is 188 g/mol. The molecule has 4 heteroatoms. The summed E-state index contributed by atoms with van der Waals surface area (Å²) in [7, 11) is 0. The monoisotopic (exact) mass is 198 g/mol. The fourth-order valence-corrected chi connectivity index (χ4v) is 1.85. The van der Waals surface area contributed by atoms with E-state index in [0.29, 0.717) is 19.5 Å². The average molecular weight is 199 g/mol. The summed E-state index contributed by atoms with van der Waals surface area (Å²) >= 11 is 5.87. The Morgan fingerprint density at radius 3 is 3.08 bits per heavy atom. The lowest BCUT2D eigenvalue weighted by Crippen LogP contribution is -2.24. The summed E-state index contributed by atoms with van der Waals surface area (Å²) in [5.41, 5.74) is 1.12. The molecule has 1 N–H and O–H groups in total. The molecule has 1 atom stereocenters. The van der Waals surface area contributed by atoms with E-state index in [1.165, 1.54) is 0 Å². The molecule has 0 bridgehead atoms. The number of rotatable bonds is 2. The SMILES string of the molecule is O=C1CC(Cl)CN1Cc1cc[nH]c1. The maximum absolute atomic E-state index is 11.3. The Bertz CT molecular complexity index is 297. The first kappa shape index (κ1) is 8.63. The van der Waals surface area contributed by atoms with Crippen molar-refractivity contribution in [3.63, 3.8) is 0 Å². The second-order valence-electron chi connectivity index (χ2n) is 3.29. The van der Waals surface area contributed by atoms with Crippen molar-refractivity contribution >= 4 is 17.5 Å². The second-order valence-corrected chi connectivity index (χ2v) is 3.91. The molecule has 2 heterocycles. The third-order valence-corrected chi connectivity index (χ3v) is 2.50. The van der Waals surface area contributed by atoms with E-state index in [4.69, 9.17) is 11.6 Å². The lowest BCUT2D eigenvalue weighted by molar-refractivity contribution is -0.128. The number of hydrogen-bond donors (Lipinski definition) is 1. The van der Waals surface area contributed by atoms with Crippen molar-refractivity contribution in [2.45, 2.75) is 18.3 Å². The van der Waals surface area contributed by atoms with Crippen LogP contribution in [0.2, 0.25) is 0 Å². The van der Waals surface area contributed by atoms with Gasteiger partial charge in [0.1, 0.15) is 0 Å². The summed E-state index contributed by atoms with van der Waals surface area (Å²) in [6, 6.07) is 1.97. The highest BCUT2D eigenvalue weighted by atomic mass is 35.5. The summed E-state index contributed by atoms with van der Waals surface area (Å²) in [6.45, 7) is 1.34. The number of carbonyl (C=O) groups is 1. The van der Waals surface area contributed by atoms with Gasteiger partial charge in [0.25, 0.3) is 0 Å². The molecule has 1 amide bonds. The molecular formula is C9H11ClN2O. The zero-order valence-corrected chi connectivity index (χ0v) is 7.92. The van der Waals surface area contributed by atoms with Gasteiger partial charge in [0.15, 0.2) is 0 Å². The molecule has 3 nitrogen and oxygen atoms in total. The summed E-state index contributed by atoms with van der Waals surface area (Å²) in [5.74, 6) is 0.154. The third kappa shape index (κ3) is 1.86. The van der Waals surface area contributed by atoms with Crippen LogP contribution in [0.3, 0.4) is 0 Å². The van der Waals surface area contributed by atoms with E-state index in [-0.39, 0.29) is 11.3 Å². The zero-order chi connectivity index (χ0) is 9.26. The largest absolute Gasteiger partial charge is 0.367 e. The number of aromatic amines is 1. The fraction of sp³-hybridized carbons (Fsp3) is 0.444. The molecule has 1 unspecified atom stereocenters. The zero-order valence-electron chi connectivity index (χ0n) is 7.16. The molecule has 0 spiro atoms. The summed E-state index contributed by atoms with van der Waals surface area (Å²) in [6.07, 6.45) is 4.23. The fourth-order valence-electron chi connectivity index (χ4n) is 1.55. The first-order valence-electron chi connectivity index (χ1n) is 4.29. The number of H-pyrrole nitrogens is 1. The minimum absolute atomic E-state index is 0.00792. The van der Waals surface area contributed by atoms with Crippen molar-refractivity contribution < 1.29 is 4.79 Å². The first-order valence-corrected chi connectivity index (χ1v) is 4.73. The Labute approximate surface area is 81.7 Å². The van der Waals surface area contributed by atoms with Gasteiger partial charge in [0.05, 0.1) is 5.38 Å². The molecule has 1 aromatic heterocycles. The van der Waals surface area contributed by atoms with Crippen molar-refractivity contribution in [2.24, 2.45) is 0 Å². The lowest BCUT2D eigenvalue weighted by Gasteiger charge is -2.13. The van der Waals surface area contributed by atoms with Crippen LogP contribution in [0.15, 0.2) is 18.5 Å². The van der Waals surface area contributed by atoms with Crippen LogP contribution >= 0.6 is 11.6 Å². The van der Waals surface area contributed by atoms with Crippen molar-refractivity contribution in [3.05, 3.63) is 24.0 Å². The van der Waals surface area contributed by atoms with Crippen LogP contribution in [-0.2, 0) is 11.3 Å². The van der Waals surface area contributed by atoms with E-state index in [1.807, 2.05) is 18.5 Å². The molecule has 1 saturated heterocycles. The predicted molar refractivity (Wildman–Crippen MR) is 50.5 cm³/mol. The Hall–Kier alpha value is -0.960. The number of nitrogens with one attached hydrogen (secondary N) is 1. The van der Waals surface area contributed by atoms with E-state index < -0.39 is 0 Å². The topological polar surface area (TPSA) is 36.1 Å². The lowest BCUT2D eigenvalue weighted by atomic mass is 10.3. The Morgan fingerprint density at radius 1 is 1.69 bits per heavy atom. The van der Waals surface area contributed by atoms with Crippen LogP contribution in [0.25, 0.3) is 0 Å². The highest BCUT2D eigenvalue weighted by molar-refractivity contribution is 6.22. The van der Waals surface area contributed by atoms with Gasteiger partial charge in [-0.25, -0.2) is 0 Å². The van der Waals surface area contributed by atoms with Crippen LogP contribution in [0, 0.1) is 0 Å². The molecule has 2 rings (SSSR count). The van der Waals surface area contributed by atoms with Gasteiger partial charge in [-0.05, 0) is 11.6 Å². The maximum atomic E-state index is 11.3. The van der Waals surface area contributed by atoms with E-state index in [0.717, 1.165) is 5.56 Å². The normalized spacial score (nSPS) is 22.7. The van der Waals surface area contributed by atoms with Gasteiger partial charge in [-0.15, -0.1) is 11.6 Å². The van der Waals surface area contributed by atoms with Gasteiger partial charge in [0, 0.05) is 31.9 Å². The number of carbonyl (C=O) groups excluding carboxylic acids is 1. The van der Waals surface area contributed by atoms with E-state index in [9.17, 15) is 4.79 Å². The van der Waals surface area contributed by atoms with Crippen molar-refractivity contribution in [3.8, 4) is 0 Å². The number of aromatic nitrogens is 1. The Balaban J connectivity index is 1.99. The Kier molecular flexibility index (Phi) is 2.27. The molecule has 1 aromatic rings. The number of hydrogen-bond acceptors (Lipinski definition) is 1. The predicted octanol–water partition coefficient (Wildman–Crippen LogP) is 1.35. The van der Waals surface area contributed by atoms with Crippen molar-refractivity contribution in [1.82, 2.24) is 9.88 Å². The quantitative estimate of drug-likeness (QED) is 0.716. The molecule has 13 heavy (non-hydrogen) atoms. The van der Waals surface area contributed by atoms with Crippen molar-refractivity contribution in [1.29, 1.82) is 0 Å². The van der Waals surface area contributed by atoms with Gasteiger partial charge in [-0.3, -0.25) is 4.79 Å².